The molecule has 0 bridgehead atoms. The highest BCUT2D eigenvalue weighted by atomic mass is 19.3. The average Bonchev–Trinajstić information content (AvgIpc) is 2.45. The summed E-state index contributed by atoms with van der Waals surface area (Å²) in [5.41, 5.74) is 0.0375. The topological polar surface area (TPSA) is 38.8 Å². The maximum atomic E-state index is 13.1. The number of carbonyl (C=O) groups excluding carboxylic acids is 1. The molecule has 1 rings (SSSR count). The van der Waals surface area contributed by atoms with E-state index in [1.165, 1.54) is 24.1 Å². The zero-order chi connectivity index (χ0) is 15.1. The van der Waals surface area contributed by atoms with E-state index < -0.39 is 17.9 Å². The maximum Gasteiger partial charge on any atom is 0.415 e. The zero-order valence-electron chi connectivity index (χ0n) is 11.7. The summed E-state index contributed by atoms with van der Waals surface area (Å²) in [5.74, 6) is -0.568. The van der Waals surface area contributed by atoms with Gasteiger partial charge in [-0.15, -0.1) is 0 Å². The molecule has 0 N–H and O–H groups in total. The van der Waals surface area contributed by atoms with Gasteiger partial charge < -0.3 is 14.4 Å². The van der Waals surface area contributed by atoms with Gasteiger partial charge in [0.05, 0.1) is 12.7 Å². The second-order valence-corrected chi connectivity index (χ2v) is 3.83. The summed E-state index contributed by atoms with van der Waals surface area (Å²) in [7, 11) is 1.36. The summed E-state index contributed by atoms with van der Waals surface area (Å²) < 4.78 is 35.9. The van der Waals surface area contributed by atoms with Crippen molar-refractivity contribution in [3.63, 3.8) is 0 Å². The van der Waals surface area contributed by atoms with Crippen LogP contribution in [0.1, 0.15) is 19.4 Å². The van der Waals surface area contributed by atoms with Gasteiger partial charge in [0.2, 0.25) is 5.76 Å². The maximum absolute atomic E-state index is 13.1. The largest absolute Gasteiger partial charge is 0.496 e. The monoisotopic (exact) mass is 285 g/mol. The van der Waals surface area contributed by atoms with Gasteiger partial charge in [0, 0.05) is 13.1 Å². The number of rotatable bonds is 5. The molecule has 4 nitrogen and oxygen atoms in total. The first-order valence-corrected chi connectivity index (χ1v) is 6.20. The second kappa shape index (κ2) is 7.47. The summed E-state index contributed by atoms with van der Waals surface area (Å²) in [6, 6.07) is 6.13. The van der Waals surface area contributed by atoms with E-state index in [2.05, 4.69) is 0 Å². The predicted molar refractivity (Wildman–Crippen MR) is 71.5 cm³/mol. The van der Waals surface area contributed by atoms with Crippen molar-refractivity contribution in [3.8, 4) is 5.75 Å². The van der Waals surface area contributed by atoms with Crippen molar-refractivity contribution >= 4 is 11.9 Å². The standard InChI is InChI=1S/C14H17F2NO3/c1-4-17(5-2)14(18)20-12(13(15)16)10-8-6-7-9-11(10)19-3/h6-9H,4-5H2,1-3H3. The summed E-state index contributed by atoms with van der Waals surface area (Å²) in [4.78, 5) is 13.1. The lowest BCUT2D eigenvalue weighted by atomic mass is 10.1. The third-order valence-corrected chi connectivity index (χ3v) is 2.73. The highest BCUT2D eigenvalue weighted by Gasteiger charge is 2.21. The van der Waals surface area contributed by atoms with Crippen LogP contribution < -0.4 is 4.74 Å². The molecule has 0 aromatic heterocycles. The van der Waals surface area contributed by atoms with Crippen LogP contribution in [-0.4, -0.2) is 31.2 Å². The molecule has 0 aliphatic carbocycles. The number of amides is 1. The summed E-state index contributed by atoms with van der Waals surface area (Å²) in [6.45, 7) is 4.23. The summed E-state index contributed by atoms with van der Waals surface area (Å²) >= 11 is 0. The van der Waals surface area contributed by atoms with Crippen LogP contribution in [0.5, 0.6) is 5.75 Å². The smallest absolute Gasteiger partial charge is 0.415 e. The molecule has 0 atom stereocenters. The second-order valence-electron chi connectivity index (χ2n) is 3.83. The molecule has 0 saturated carbocycles. The number of hydrogen-bond donors (Lipinski definition) is 0. The van der Waals surface area contributed by atoms with Crippen molar-refractivity contribution in [2.75, 3.05) is 20.2 Å². The first kappa shape index (κ1) is 15.9. The van der Waals surface area contributed by atoms with Gasteiger partial charge in [0.1, 0.15) is 5.75 Å². The SMILES string of the molecule is CCN(CC)C(=O)OC(=C(F)F)c1ccccc1OC. The van der Waals surface area contributed by atoms with Crippen molar-refractivity contribution in [1.82, 2.24) is 4.90 Å². The van der Waals surface area contributed by atoms with Crippen LogP contribution in [0, 0.1) is 0 Å². The first-order valence-electron chi connectivity index (χ1n) is 6.20. The third-order valence-electron chi connectivity index (χ3n) is 2.73. The number of benzene rings is 1. The highest BCUT2D eigenvalue weighted by Crippen LogP contribution is 2.30. The van der Waals surface area contributed by atoms with Crippen LogP contribution in [0.15, 0.2) is 30.3 Å². The van der Waals surface area contributed by atoms with Gasteiger partial charge in [-0.2, -0.15) is 8.78 Å². The molecule has 0 heterocycles. The first-order chi connectivity index (χ1) is 9.54. The molecular formula is C14H17F2NO3. The molecular weight excluding hydrogens is 268 g/mol. The Morgan fingerprint density at radius 3 is 2.30 bits per heavy atom. The van der Waals surface area contributed by atoms with Gasteiger partial charge in [-0.3, -0.25) is 0 Å². The Morgan fingerprint density at radius 1 is 1.20 bits per heavy atom. The van der Waals surface area contributed by atoms with E-state index in [0.717, 1.165) is 0 Å². The molecule has 110 valence electrons. The molecule has 0 radical (unpaired) electrons. The third kappa shape index (κ3) is 3.69. The van der Waals surface area contributed by atoms with E-state index in [4.69, 9.17) is 9.47 Å². The van der Waals surface area contributed by atoms with Gasteiger partial charge in [0.15, 0.2) is 0 Å². The van der Waals surface area contributed by atoms with Crippen LogP contribution in [0.2, 0.25) is 0 Å². The Balaban J connectivity index is 3.09. The lowest BCUT2D eigenvalue weighted by Gasteiger charge is -2.19. The van der Waals surface area contributed by atoms with Crippen molar-refractivity contribution in [3.05, 3.63) is 35.9 Å². The fourth-order valence-electron chi connectivity index (χ4n) is 1.66. The fraction of sp³-hybridized carbons (Fsp3) is 0.357. The number of carbonyl (C=O) groups is 1. The van der Waals surface area contributed by atoms with Crippen LogP contribution in [0.4, 0.5) is 13.6 Å². The van der Waals surface area contributed by atoms with Crippen molar-refractivity contribution in [2.24, 2.45) is 0 Å². The Bertz CT molecular complexity index is 495. The van der Waals surface area contributed by atoms with Gasteiger partial charge >= 0.3 is 12.2 Å². The van der Waals surface area contributed by atoms with E-state index in [0.29, 0.717) is 13.1 Å². The quantitative estimate of drug-likeness (QED) is 0.774. The zero-order valence-corrected chi connectivity index (χ0v) is 11.7. The molecule has 0 saturated heterocycles. The normalized spacial score (nSPS) is 9.85. The van der Waals surface area contributed by atoms with Gasteiger partial charge in [0.25, 0.3) is 0 Å². The molecule has 1 amide bonds. The van der Waals surface area contributed by atoms with Crippen LogP contribution in [0.25, 0.3) is 5.76 Å². The lowest BCUT2D eigenvalue weighted by Crippen LogP contribution is -2.30. The van der Waals surface area contributed by atoms with Crippen LogP contribution in [-0.2, 0) is 4.74 Å². The average molecular weight is 285 g/mol. The number of halogens is 2. The number of methoxy groups -OCH3 is 1. The van der Waals surface area contributed by atoms with Gasteiger partial charge in [-0.25, -0.2) is 4.79 Å². The molecule has 20 heavy (non-hydrogen) atoms. The Labute approximate surface area is 116 Å². The van der Waals surface area contributed by atoms with E-state index in [1.807, 2.05) is 0 Å². The van der Waals surface area contributed by atoms with Crippen LogP contribution >= 0.6 is 0 Å². The summed E-state index contributed by atoms with van der Waals surface area (Å²) in [6.07, 6.45) is -2.89. The summed E-state index contributed by atoms with van der Waals surface area (Å²) in [5, 5.41) is 0. The molecule has 6 heteroatoms. The van der Waals surface area contributed by atoms with Crippen LogP contribution in [0.3, 0.4) is 0 Å². The Kier molecular flexibility index (Phi) is 5.96. The number of ether oxygens (including phenoxy) is 2. The Morgan fingerprint density at radius 2 is 1.80 bits per heavy atom. The molecule has 0 aliphatic heterocycles. The van der Waals surface area contributed by atoms with E-state index in [1.54, 1.807) is 26.0 Å². The minimum absolute atomic E-state index is 0.0375. The minimum Gasteiger partial charge on any atom is -0.496 e. The van der Waals surface area contributed by atoms with E-state index in [9.17, 15) is 13.6 Å². The number of nitrogens with zero attached hydrogens (tertiary/aromatic N) is 1. The molecule has 0 unspecified atom stereocenters. The number of para-hydroxylation sites is 1. The Hall–Kier alpha value is -2.11. The fourth-order valence-corrected chi connectivity index (χ4v) is 1.66. The van der Waals surface area contributed by atoms with E-state index >= 15 is 0 Å². The molecule has 0 fully saturated rings. The number of hydrogen-bond acceptors (Lipinski definition) is 3. The molecule has 0 aliphatic rings. The molecule has 0 spiro atoms. The van der Waals surface area contributed by atoms with Gasteiger partial charge in [-0.05, 0) is 26.0 Å². The minimum atomic E-state index is -2.07. The van der Waals surface area contributed by atoms with Crippen molar-refractivity contribution in [2.45, 2.75) is 13.8 Å². The van der Waals surface area contributed by atoms with Crippen molar-refractivity contribution < 1.29 is 23.0 Å². The van der Waals surface area contributed by atoms with Gasteiger partial charge in [-0.1, -0.05) is 12.1 Å². The highest BCUT2D eigenvalue weighted by molar-refractivity contribution is 5.78. The van der Waals surface area contributed by atoms with Crippen molar-refractivity contribution in [1.29, 1.82) is 0 Å². The van der Waals surface area contributed by atoms with E-state index in [-0.39, 0.29) is 11.3 Å². The lowest BCUT2D eigenvalue weighted by molar-refractivity contribution is 0.145. The predicted octanol–water partition coefficient (Wildman–Crippen LogP) is 3.74. The molecule has 1 aromatic carbocycles. The molecule has 1 aromatic rings.